The minimum Gasteiger partial charge on any atom is -0.383 e. The van der Waals surface area contributed by atoms with Crippen LogP contribution < -0.4 is 5.73 Å². The van der Waals surface area contributed by atoms with Crippen molar-refractivity contribution in [1.29, 1.82) is 0 Å². The van der Waals surface area contributed by atoms with Gasteiger partial charge in [-0.25, -0.2) is 0 Å². The number of ether oxygens (including phenoxy) is 1. The van der Waals surface area contributed by atoms with E-state index < -0.39 is 0 Å². The highest BCUT2D eigenvalue weighted by molar-refractivity contribution is 7.16. The van der Waals surface area contributed by atoms with Crippen LogP contribution in [0.1, 0.15) is 18.2 Å². The molecule has 1 heterocycles. The van der Waals surface area contributed by atoms with Gasteiger partial charge in [0.05, 0.1) is 10.9 Å². The quantitative estimate of drug-likeness (QED) is 0.849. The number of methoxy groups -OCH3 is 1. The molecule has 0 aliphatic rings. The van der Waals surface area contributed by atoms with Gasteiger partial charge < -0.3 is 10.5 Å². The van der Waals surface area contributed by atoms with Crippen molar-refractivity contribution in [3.05, 3.63) is 21.3 Å². The molecule has 0 bridgehead atoms. The van der Waals surface area contributed by atoms with Gasteiger partial charge in [-0.05, 0) is 18.6 Å². The van der Waals surface area contributed by atoms with Gasteiger partial charge in [-0.1, -0.05) is 18.5 Å². The molecule has 1 rings (SSSR count). The van der Waals surface area contributed by atoms with Crippen molar-refractivity contribution in [2.45, 2.75) is 25.3 Å². The average molecular weight is 234 g/mol. The molecule has 1 aromatic rings. The summed E-state index contributed by atoms with van der Waals surface area (Å²) in [5, 5.41) is 0. The summed E-state index contributed by atoms with van der Waals surface area (Å²) in [6.45, 7) is 2.66. The molecule has 1 unspecified atom stereocenters. The van der Waals surface area contributed by atoms with Crippen molar-refractivity contribution in [2.24, 2.45) is 5.73 Å². The topological polar surface area (TPSA) is 35.2 Å². The van der Waals surface area contributed by atoms with Gasteiger partial charge >= 0.3 is 0 Å². The van der Waals surface area contributed by atoms with Crippen LogP contribution >= 0.6 is 22.9 Å². The van der Waals surface area contributed by atoms with Crippen LogP contribution in [0.4, 0.5) is 0 Å². The second kappa shape index (κ2) is 5.12. The summed E-state index contributed by atoms with van der Waals surface area (Å²) < 4.78 is 5.94. The largest absolute Gasteiger partial charge is 0.383 e. The lowest BCUT2D eigenvalue weighted by Crippen LogP contribution is -2.45. The van der Waals surface area contributed by atoms with Gasteiger partial charge in [0.15, 0.2) is 0 Å². The second-order valence-electron chi connectivity index (χ2n) is 3.53. The van der Waals surface area contributed by atoms with Crippen LogP contribution in [0, 0.1) is 0 Å². The van der Waals surface area contributed by atoms with Crippen LogP contribution in [0.15, 0.2) is 12.1 Å². The summed E-state index contributed by atoms with van der Waals surface area (Å²) in [5.41, 5.74) is 5.93. The number of nitrogens with two attached hydrogens (primary N) is 1. The molecule has 14 heavy (non-hydrogen) atoms. The first kappa shape index (κ1) is 12.0. The standard InChI is InChI=1S/C10H16ClNOS/c1-3-10(12,7-13-2)6-8-4-5-9(11)14-8/h4-5H,3,6-7,12H2,1-2H3. The Bertz CT molecular complexity index is 289. The van der Waals surface area contributed by atoms with E-state index in [1.165, 1.54) is 4.88 Å². The third kappa shape index (κ3) is 3.24. The van der Waals surface area contributed by atoms with Gasteiger partial charge in [-0.15, -0.1) is 11.3 Å². The Morgan fingerprint density at radius 2 is 2.29 bits per heavy atom. The molecule has 4 heteroatoms. The van der Waals surface area contributed by atoms with Crippen LogP contribution in [-0.2, 0) is 11.2 Å². The molecule has 80 valence electrons. The third-order valence-corrected chi connectivity index (χ3v) is 3.52. The zero-order valence-corrected chi connectivity index (χ0v) is 10.1. The first-order valence-corrected chi connectivity index (χ1v) is 5.81. The van der Waals surface area contributed by atoms with E-state index in [1.807, 2.05) is 12.1 Å². The fourth-order valence-electron chi connectivity index (χ4n) is 1.36. The van der Waals surface area contributed by atoms with Crippen LogP contribution in [-0.4, -0.2) is 19.3 Å². The molecule has 0 aliphatic heterocycles. The predicted molar refractivity (Wildman–Crippen MR) is 62.1 cm³/mol. The third-order valence-electron chi connectivity index (χ3n) is 2.29. The molecule has 2 nitrogen and oxygen atoms in total. The van der Waals surface area contributed by atoms with Crippen molar-refractivity contribution in [3.63, 3.8) is 0 Å². The molecule has 0 saturated heterocycles. The number of halogens is 1. The highest BCUT2D eigenvalue weighted by atomic mass is 35.5. The molecule has 0 saturated carbocycles. The van der Waals surface area contributed by atoms with Gasteiger partial charge in [-0.2, -0.15) is 0 Å². The molecule has 0 amide bonds. The van der Waals surface area contributed by atoms with Crippen LogP contribution in [0.25, 0.3) is 0 Å². The van der Waals surface area contributed by atoms with E-state index in [4.69, 9.17) is 22.1 Å². The van der Waals surface area contributed by atoms with Crippen LogP contribution in [0.2, 0.25) is 4.34 Å². The molecule has 1 aromatic heterocycles. The number of thiophene rings is 1. The first-order valence-electron chi connectivity index (χ1n) is 4.61. The average Bonchev–Trinajstić information content (AvgIpc) is 2.51. The zero-order valence-electron chi connectivity index (χ0n) is 8.55. The Morgan fingerprint density at radius 3 is 2.71 bits per heavy atom. The maximum atomic E-state index is 6.19. The normalized spacial score (nSPS) is 15.4. The Hall–Kier alpha value is -0.0900. The van der Waals surface area contributed by atoms with E-state index in [2.05, 4.69) is 6.92 Å². The predicted octanol–water partition coefficient (Wildman–Crippen LogP) is 2.70. The summed E-state index contributed by atoms with van der Waals surface area (Å²) in [6.07, 6.45) is 1.73. The summed E-state index contributed by atoms with van der Waals surface area (Å²) >= 11 is 7.44. The molecular weight excluding hydrogens is 218 g/mol. The van der Waals surface area contributed by atoms with Crippen molar-refractivity contribution in [2.75, 3.05) is 13.7 Å². The lowest BCUT2D eigenvalue weighted by Gasteiger charge is -2.26. The van der Waals surface area contributed by atoms with Crippen molar-refractivity contribution in [1.82, 2.24) is 0 Å². The highest BCUT2D eigenvalue weighted by Crippen LogP contribution is 2.25. The molecule has 0 aromatic carbocycles. The minimum absolute atomic E-state index is 0.261. The lowest BCUT2D eigenvalue weighted by atomic mass is 9.94. The monoisotopic (exact) mass is 233 g/mol. The Balaban J connectivity index is 2.64. The Labute approximate surface area is 94.0 Å². The second-order valence-corrected chi connectivity index (χ2v) is 5.33. The van der Waals surface area contributed by atoms with E-state index in [0.29, 0.717) is 6.61 Å². The van der Waals surface area contributed by atoms with Gasteiger partial charge in [0.2, 0.25) is 0 Å². The lowest BCUT2D eigenvalue weighted by molar-refractivity contribution is 0.130. The highest BCUT2D eigenvalue weighted by Gasteiger charge is 2.23. The minimum atomic E-state index is -0.261. The SMILES string of the molecule is CCC(N)(COC)Cc1ccc(Cl)s1. The van der Waals surface area contributed by atoms with Crippen LogP contribution in [0.5, 0.6) is 0 Å². The number of hydrogen-bond acceptors (Lipinski definition) is 3. The zero-order chi connectivity index (χ0) is 10.6. The Kier molecular flexibility index (Phi) is 4.38. The molecule has 0 spiro atoms. The molecule has 2 N–H and O–H groups in total. The summed E-state index contributed by atoms with van der Waals surface area (Å²) in [5.74, 6) is 0. The van der Waals surface area contributed by atoms with Gasteiger partial charge in [0.1, 0.15) is 0 Å². The molecule has 0 aliphatic carbocycles. The summed E-state index contributed by atoms with van der Waals surface area (Å²) in [4.78, 5) is 1.22. The maximum absolute atomic E-state index is 6.19. The first-order chi connectivity index (χ1) is 6.59. The molecule has 1 atom stereocenters. The summed E-state index contributed by atoms with van der Waals surface area (Å²) in [6, 6.07) is 3.93. The fourth-order valence-corrected chi connectivity index (χ4v) is 2.60. The van der Waals surface area contributed by atoms with Gasteiger partial charge in [0, 0.05) is 23.9 Å². The van der Waals surface area contributed by atoms with E-state index in [0.717, 1.165) is 17.2 Å². The molecular formula is C10H16ClNOS. The van der Waals surface area contributed by atoms with Gasteiger partial charge in [0.25, 0.3) is 0 Å². The number of rotatable bonds is 5. The van der Waals surface area contributed by atoms with Crippen molar-refractivity contribution >= 4 is 22.9 Å². The van der Waals surface area contributed by atoms with Crippen molar-refractivity contribution in [3.8, 4) is 0 Å². The molecule has 0 fully saturated rings. The van der Waals surface area contributed by atoms with E-state index in [9.17, 15) is 0 Å². The van der Waals surface area contributed by atoms with Crippen LogP contribution in [0.3, 0.4) is 0 Å². The smallest absolute Gasteiger partial charge is 0.0931 e. The van der Waals surface area contributed by atoms with E-state index >= 15 is 0 Å². The van der Waals surface area contributed by atoms with E-state index in [-0.39, 0.29) is 5.54 Å². The molecule has 0 radical (unpaired) electrons. The fraction of sp³-hybridized carbons (Fsp3) is 0.600. The van der Waals surface area contributed by atoms with E-state index in [1.54, 1.807) is 18.4 Å². The maximum Gasteiger partial charge on any atom is 0.0931 e. The van der Waals surface area contributed by atoms with Crippen molar-refractivity contribution < 1.29 is 4.74 Å². The number of hydrogen-bond donors (Lipinski definition) is 1. The van der Waals surface area contributed by atoms with Gasteiger partial charge in [-0.3, -0.25) is 0 Å². The summed E-state index contributed by atoms with van der Waals surface area (Å²) in [7, 11) is 1.68. The Morgan fingerprint density at radius 1 is 1.57 bits per heavy atom.